The summed E-state index contributed by atoms with van der Waals surface area (Å²) in [6.45, 7) is 0. The van der Waals surface area contributed by atoms with Gasteiger partial charge in [0.05, 0.1) is 17.5 Å². The average molecular weight is 160 g/mol. The molecular weight excluding hydrogens is 152 g/mol. The highest BCUT2D eigenvalue weighted by molar-refractivity contribution is 5.77. The number of aldehydes is 1. The van der Waals surface area contributed by atoms with E-state index in [0.29, 0.717) is 11.8 Å². The molecule has 1 aromatic heterocycles. The van der Waals surface area contributed by atoms with Gasteiger partial charge in [-0.25, -0.2) is 4.68 Å². The van der Waals surface area contributed by atoms with E-state index in [-0.39, 0.29) is 0 Å². The van der Waals surface area contributed by atoms with Crippen LogP contribution in [-0.2, 0) is 0 Å². The Labute approximate surface area is 69.7 Å². The second-order valence-electron chi connectivity index (χ2n) is 3.40. The van der Waals surface area contributed by atoms with Gasteiger partial charge in [-0.3, -0.25) is 4.79 Å². The van der Waals surface area contributed by atoms with E-state index >= 15 is 0 Å². The minimum Gasteiger partial charge on any atom is -0.298 e. The Morgan fingerprint density at radius 3 is 3.42 bits per heavy atom. The molecule has 0 spiro atoms. The predicted molar refractivity (Wildman–Crippen MR) is 43.8 cm³/mol. The van der Waals surface area contributed by atoms with E-state index in [0.717, 1.165) is 17.5 Å². The lowest BCUT2D eigenvalue weighted by Crippen LogP contribution is -2.01. The van der Waals surface area contributed by atoms with E-state index in [1.807, 2.05) is 10.9 Å². The molecule has 2 aliphatic rings. The third-order valence-corrected chi connectivity index (χ3v) is 2.66. The Bertz CT molecular complexity index is 378. The van der Waals surface area contributed by atoms with Crippen molar-refractivity contribution in [1.29, 1.82) is 0 Å². The number of nitrogens with zero attached hydrogens (tertiary/aromatic N) is 2. The molecule has 2 heterocycles. The number of allylic oxidation sites excluding steroid dienone is 1. The summed E-state index contributed by atoms with van der Waals surface area (Å²) in [5.74, 6) is 1.24. The van der Waals surface area contributed by atoms with Gasteiger partial charge in [-0.2, -0.15) is 5.10 Å². The van der Waals surface area contributed by atoms with Crippen LogP contribution in [0.5, 0.6) is 0 Å². The maximum atomic E-state index is 10.6. The first-order valence-electron chi connectivity index (χ1n) is 4.11. The quantitative estimate of drug-likeness (QED) is 0.580. The minimum atomic E-state index is 0.567. The summed E-state index contributed by atoms with van der Waals surface area (Å²) in [5.41, 5.74) is 1.87. The van der Waals surface area contributed by atoms with Crippen LogP contribution in [0.15, 0.2) is 12.3 Å². The maximum Gasteiger partial charge on any atom is 0.153 e. The molecule has 60 valence electrons. The maximum absolute atomic E-state index is 10.6. The highest BCUT2D eigenvalue weighted by atomic mass is 16.1. The molecule has 1 saturated carbocycles. The van der Waals surface area contributed by atoms with Crippen molar-refractivity contribution in [3.8, 4) is 0 Å². The molecule has 3 heteroatoms. The Kier molecular flexibility index (Phi) is 0.955. The monoisotopic (exact) mass is 160 g/mol. The summed E-state index contributed by atoms with van der Waals surface area (Å²) in [5, 5.41) is 4.10. The van der Waals surface area contributed by atoms with Gasteiger partial charge in [0.2, 0.25) is 0 Å². The molecule has 0 bridgehead atoms. The van der Waals surface area contributed by atoms with Crippen molar-refractivity contribution >= 4 is 12.5 Å². The summed E-state index contributed by atoms with van der Waals surface area (Å²) in [4.78, 5) is 10.6. The van der Waals surface area contributed by atoms with Crippen LogP contribution in [0.3, 0.4) is 0 Å². The highest BCUT2D eigenvalue weighted by Crippen LogP contribution is 2.51. The number of hydrogen-bond donors (Lipinski definition) is 0. The first-order chi connectivity index (χ1) is 5.90. The fourth-order valence-corrected chi connectivity index (χ4v) is 1.91. The minimum absolute atomic E-state index is 0.567. The van der Waals surface area contributed by atoms with Crippen LogP contribution in [0.1, 0.15) is 28.4 Å². The Hall–Kier alpha value is -1.38. The predicted octanol–water partition coefficient (Wildman–Crippen LogP) is 1.28. The third kappa shape index (κ3) is 0.611. The molecule has 12 heavy (non-hydrogen) atoms. The van der Waals surface area contributed by atoms with Crippen molar-refractivity contribution in [3.05, 3.63) is 23.5 Å². The van der Waals surface area contributed by atoms with E-state index < -0.39 is 0 Å². The van der Waals surface area contributed by atoms with Gasteiger partial charge in [0.15, 0.2) is 6.29 Å². The molecule has 0 aromatic carbocycles. The molecule has 0 amide bonds. The molecule has 1 aliphatic heterocycles. The van der Waals surface area contributed by atoms with Crippen LogP contribution >= 0.6 is 0 Å². The van der Waals surface area contributed by atoms with Gasteiger partial charge in [-0.1, -0.05) is 6.08 Å². The van der Waals surface area contributed by atoms with Crippen LogP contribution in [0.25, 0.3) is 6.20 Å². The van der Waals surface area contributed by atoms with Gasteiger partial charge in [-0.05, 0) is 12.3 Å². The lowest BCUT2D eigenvalue weighted by molar-refractivity contribution is 0.112. The molecule has 1 aliphatic carbocycles. The van der Waals surface area contributed by atoms with Gasteiger partial charge in [0.1, 0.15) is 0 Å². The Balaban J connectivity index is 2.24. The normalized spacial score (nSPS) is 29.3. The van der Waals surface area contributed by atoms with Crippen molar-refractivity contribution in [2.45, 2.75) is 12.3 Å². The van der Waals surface area contributed by atoms with Gasteiger partial charge in [0, 0.05) is 12.1 Å². The van der Waals surface area contributed by atoms with Crippen LogP contribution in [0.2, 0.25) is 0 Å². The van der Waals surface area contributed by atoms with Crippen molar-refractivity contribution in [1.82, 2.24) is 9.78 Å². The molecule has 1 fully saturated rings. The molecular formula is C9H8N2O. The second-order valence-corrected chi connectivity index (χ2v) is 3.40. The van der Waals surface area contributed by atoms with Gasteiger partial charge in [-0.15, -0.1) is 0 Å². The van der Waals surface area contributed by atoms with E-state index in [4.69, 9.17) is 0 Å². The zero-order chi connectivity index (χ0) is 8.13. The average Bonchev–Trinajstić information content (AvgIpc) is 2.78. The summed E-state index contributed by atoms with van der Waals surface area (Å²) in [6.07, 6.45) is 7.85. The molecule has 2 unspecified atom stereocenters. The van der Waals surface area contributed by atoms with Crippen LogP contribution in [-0.4, -0.2) is 16.1 Å². The third-order valence-electron chi connectivity index (χ3n) is 2.66. The first kappa shape index (κ1) is 6.17. The zero-order valence-corrected chi connectivity index (χ0v) is 6.47. The molecule has 0 N–H and O–H groups in total. The first-order valence-corrected chi connectivity index (χ1v) is 4.11. The Morgan fingerprint density at radius 2 is 2.58 bits per heavy atom. The molecule has 1 aromatic rings. The number of carbonyl (C=O) groups is 1. The smallest absolute Gasteiger partial charge is 0.153 e. The number of hydrogen-bond acceptors (Lipinski definition) is 2. The lowest BCUT2D eigenvalue weighted by atomic mass is 10.1. The fourth-order valence-electron chi connectivity index (χ4n) is 1.91. The van der Waals surface area contributed by atoms with Crippen molar-refractivity contribution in [2.75, 3.05) is 0 Å². The number of rotatable bonds is 1. The van der Waals surface area contributed by atoms with E-state index in [9.17, 15) is 4.79 Å². The van der Waals surface area contributed by atoms with E-state index in [1.54, 1.807) is 6.20 Å². The fraction of sp³-hybridized carbons (Fsp3) is 0.333. The SMILES string of the molecule is O=Cc1cnn2c1C1CC1C=C2. The molecule has 3 nitrogen and oxygen atoms in total. The topological polar surface area (TPSA) is 34.9 Å². The standard InChI is InChI=1S/C9H8N2O/c12-5-7-4-10-11-2-1-6-3-8(6)9(7)11/h1-2,4-6,8H,3H2. The Morgan fingerprint density at radius 1 is 1.67 bits per heavy atom. The second kappa shape index (κ2) is 1.86. The lowest BCUT2D eigenvalue weighted by Gasteiger charge is -2.05. The van der Waals surface area contributed by atoms with Gasteiger partial charge < -0.3 is 0 Å². The molecule has 0 saturated heterocycles. The van der Waals surface area contributed by atoms with E-state index in [1.165, 1.54) is 6.42 Å². The highest BCUT2D eigenvalue weighted by Gasteiger charge is 2.42. The van der Waals surface area contributed by atoms with Crippen LogP contribution in [0, 0.1) is 5.92 Å². The number of fused-ring (bicyclic) bond motifs is 3. The largest absolute Gasteiger partial charge is 0.298 e. The molecule has 3 rings (SSSR count). The van der Waals surface area contributed by atoms with Crippen LogP contribution in [0.4, 0.5) is 0 Å². The van der Waals surface area contributed by atoms with Crippen molar-refractivity contribution < 1.29 is 4.79 Å². The van der Waals surface area contributed by atoms with Crippen molar-refractivity contribution in [3.63, 3.8) is 0 Å². The molecule has 0 radical (unpaired) electrons. The number of carbonyl (C=O) groups excluding carboxylic acids is 1. The van der Waals surface area contributed by atoms with E-state index in [2.05, 4.69) is 11.2 Å². The molecule has 2 atom stereocenters. The summed E-state index contributed by atoms with van der Waals surface area (Å²) >= 11 is 0. The summed E-state index contributed by atoms with van der Waals surface area (Å²) in [7, 11) is 0. The van der Waals surface area contributed by atoms with Crippen LogP contribution < -0.4 is 0 Å². The number of aromatic nitrogens is 2. The van der Waals surface area contributed by atoms with Gasteiger partial charge in [0.25, 0.3) is 0 Å². The summed E-state index contributed by atoms with van der Waals surface area (Å²) in [6, 6.07) is 0. The summed E-state index contributed by atoms with van der Waals surface area (Å²) < 4.78 is 1.82. The van der Waals surface area contributed by atoms with Crippen molar-refractivity contribution in [2.24, 2.45) is 5.92 Å². The van der Waals surface area contributed by atoms with Gasteiger partial charge >= 0.3 is 0 Å². The zero-order valence-electron chi connectivity index (χ0n) is 6.47.